The highest BCUT2D eigenvalue weighted by atomic mass is 79.9. The Labute approximate surface area is 109 Å². The van der Waals surface area contributed by atoms with Gasteiger partial charge in [-0.1, -0.05) is 15.9 Å². The summed E-state index contributed by atoms with van der Waals surface area (Å²) >= 11 is 3.12. The van der Waals surface area contributed by atoms with E-state index in [1.807, 2.05) is 0 Å². The number of anilines is 1. The van der Waals surface area contributed by atoms with Crippen molar-refractivity contribution < 1.29 is 27.8 Å². The van der Waals surface area contributed by atoms with Gasteiger partial charge < -0.3 is 15.2 Å². The van der Waals surface area contributed by atoms with Crippen LogP contribution in [-0.2, 0) is 9.53 Å². The molecule has 18 heavy (non-hydrogen) atoms. The summed E-state index contributed by atoms with van der Waals surface area (Å²) < 4.78 is 40.0. The van der Waals surface area contributed by atoms with Gasteiger partial charge in [0.05, 0.1) is 5.69 Å². The molecule has 0 fully saturated rings. The predicted octanol–water partition coefficient (Wildman–Crippen LogP) is 2.67. The zero-order valence-corrected chi connectivity index (χ0v) is 10.5. The van der Waals surface area contributed by atoms with Crippen molar-refractivity contribution in [3.63, 3.8) is 0 Å². The third-order valence-electron chi connectivity index (χ3n) is 1.73. The molecule has 0 spiro atoms. The van der Waals surface area contributed by atoms with E-state index < -0.39 is 25.3 Å². The number of rotatable bonds is 4. The van der Waals surface area contributed by atoms with Crippen LogP contribution in [0, 0.1) is 0 Å². The van der Waals surface area contributed by atoms with Crippen molar-refractivity contribution in [2.24, 2.45) is 0 Å². The fourth-order valence-corrected chi connectivity index (χ4v) is 1.42. The lowest BCUT2D eigenvalue weighted by molar-refractivity contribution is -0.174. The second kappa shape index (κ2) is 6.05. The van der Waals surface area contributed by atoms with Gasteiger partial charge in [-0.05, 0) is 18.2 Å². The largest absolute Gasteiger partial charge is 0.506 e. The first-order chi connectivity index (χ1) is 8.28. The number of hydrogen-bond donors (Lipinski definition) is 2. The van der Waals surface area contributed by atoms with E-state index in [4.69, 9.17) is 0 Å². The predicted molar refractivity (Wildman–Crippen MR) is 61.3 cm³/mol. The average Bonchev–Trinajstić information content (AvgIpc) is 2.21. The Morgan fingerprint density at radius 2 is 2.11 bits per heavy atom. The Morgan fingerprint density at radius 3 is 2.72 bits per heavy atom. The fraction of sp³-hybridized carbons (Fsp3) is 0.300. The number of benzene rings is 1. The number of halogens is 4. The molecular weight excluding hydrogens is 319 g/mol. The van der Waals surface area contributed by atoms with Crippen LogP contribution < -0.4 is 5.32 Å². The van der Waals surface area contributed by atoms with Crippen molar-refractivity contribution in [1.29, 1.82) is 0 Å². The molecule has 8 heteroatoms. The molecule has 0 bridgehead atoms. The molecule has 0 saturated heterocycles. The number of phenols is 1. The van der Waals surface area contributed by atoms with E-state index in [9.17, 15) is 23.1 Å². The van der Waals surface area contributed by atoms with Crippen LogP contribution in [0.5, 0.6) is 5.75 Å². The van der Waals surface area contributed by atoms with Crippen molar-refractivity contribution in [3.8, 4) is 5.75 Å². The number of amides is 1. The molecule has 1 rings (SSSR count). The van der Waals surface area contributed by atoms with Gasteiger partial charge in [0.25, 0.3) is 0 Å². The highest BCUT2D eigenvalue weighted by Gasteiger charge is 2.27. The van der Waals surface area contributed by atoms with E-state index >= 15 is 0 Å². The standard InChI is InChI=1S/C10H9BrF3NO3/c11-6-1-2-8(16)7(3-6)15-9(17)4-18-5-10(12,13)14/h1-3,16H,4-5H2,(H,15,17). The molecule has 0 aliphatic rings. The second-order valence-corrected chi connectivity index (χ2v) is 4.23. The Morgan fingerprint density at radius 1 is 1.44 bits per heavy atom. The van der Waals surface area contributed by atoms with E-state index in [0.717, 1.165) is 0 Å². The van der Waals surface area contributed by atoms with Crippen LogP contribution in [0.2, 0.25) is 0 Å². The molecule has 1 aromatic rings. The normalized spacial score (nSPS) is 11.3. The van der Waals surface area contributed by atoms with Crippen molar-refractivity contribution in [2.45, 2.75) is 6.18 Å². The zero-order chi connectivity index (χ0) is 13.8. The third kappa shape index (κ3) is 5.37. The minimum atomic E-state index is -4.47. The summed E-state index contributed by atoms with van der Waals surface area (Å²) in [6.07, 6.45) is -4.47. The molecule has 0 atom stereocenters. The van der Waals surface area contributed by atoms with Crippen LogP contribution in [0.15, 0.2) is 22.7 Å². The number of ether oxygens (including phenoxy) is 1. The minimum absolute atomic E-state index is 0.0879. The Hall–Kier alpha value is -1.28. The van der Waals surface area contributed by atoms with E-state index in [1.54, 1.807) is 6.07 Å². The topological polar surface area (TPSA) is 58.6 Å². The maximum absolute atomic E-state index is 11.7. The average molecular weight is 328 g/mol. The van der Waals surface area contributed by atoms with Gasteiger partial charge in [0, 0.05) is 4.47 Å². The van der Waals surface area contributed by atoms with E-state index in [1.165, 1.54) is 12.1 Å². The molecule has 1 aromatic carbocycles. The summed E-state index contributed by atoms with van der Waals surface area (Å²) in [5.41, 5.74) is 0.0879. The summed E-state index contributed by atoms with van der Waals surface area (Å²) in [5, 5.41) is 11.6. The molecular formula is C10H9BrF3NO3. The van der Waals surface area contributed by atoms with Crippen LogP contribution >= 0.6 is 15.9 Å². The summed E-state index contributed by atoms with van der Waals surface area (Å²) in [6.45, 7) is -2.24. The number of carbonyl (C=O) groups is 1. The van der Waals surface area contributed by atoms with Crippen molar-refractivity contribution >= 4 is 27.5 Å². The second-order valence-electron chi connectivity index (χ2n) is 3.32. The summed E-state index contributed by atoms with van der Waals surface area (Å²) in [6, 6.07) is 4.29. The number of hydrogen-bond acceptors (Lipinski definition) is 3. The number of phenolic OH excluding ortho intramolecular Hbond substituents is 1. The monoisotopic (exact) mass is 327 g/mol. The molecule has 100 valence electrons. The van der Waals surface area contributed by atoms with Crippen LogP contribution in [0.25, 0.3) is 0 Å². The van der Waals surface area contributed by atoms with Crippen molar-refractivity contribution in [3.05, 3.63) is 22.7 Å². The quantitative estimate of drug-likeness (QED) is 0.836. The molecule has 0 radical (unpaired) electrons. The first-order valence-corrected chi connectivity index (χ1v) is 5.50. The van der Waals surface area contributed by atoms with Gasteiger partial charge in [0.2, 0.25) is 5.91 Å². The molecule has 0 aliphatic heterocycles. The lowest BCUT2D eigenvalue weighted by Crippen LogP contribution is -2.24. The lowest BCUT2D eigenvalue weighted by atomic mass is 10.3. The van der Waals surface area contributed by atoms with Crippen LogP contribution in [0.4, 0.5) is 18.9 Å². The van der Waals surface area contributed by atoms with E-state index in [0.29, 0.717) is 4.47 Å². The van der Waals surface area contributed by atoms with Gasteiger partial charge in [-0.25, -0.2) is 0 Å². The molecule has 4 nitrogen and oxygen atoms in total. The van der Waals surface area contributed by atoms with E-state index in [2.05, 4.69) is 26.0 Å². The van der Waals surface area contributed by atoms with Crippen LogP contribution in [-0.4, -0.2) is 30.4 Å². The number of aromatic hydroxyl groups is 1. The molecule has 2 N–H and O–H groups in total. The third-order valence-corrected chi connectivity index (χ3v) is 2.22. The highest BCUT2D eigenvalue weighted by molar-refractivity contribution is 9.10. The van der Waals surface area contributed by atoms with Crippen LogP contribution in [0.1, 0.15) is 0 Å². The molecule has 0 aliphatic carbocycles. The van der Waals surface area contributed by atoms with Crippen molar-refractivity contribution in [1.82, 2.24) is 0 Å². The van der Waals surface area contributed by atoms with Gasteiger partial charge >= 0.3 is 6.18 Å². The summed E-state index contributed by atoms with van der Waals surface area (Å²) in [7, 11) is 0. The molecule has 0 saturated carbocycles. The zero-order valence-electron chi connectivity index (χ0n) is 8.92. The SMILES string of the molecule is O=C(COCC(F)(F)F)Nc1cc(Br)ccc1O. The molecule has 1 amide bonds. The summed E-state index contributed by atoms with van der Waals surface area (Å²) in [5.74, 6) is -0.977. The highest BCUT2D eigenvalue weighted by Crippen LogP contribution is 2.26. The minimum Gasteiger partial charge on any atom is -0.506 e. The molecule has 0 aromatic heterocycles. The van der Waals surface area contributed by atoms with Gasteiger partial charge in [-0.2, -0.15) is 13.2 Å². The Balaban J connectivity index is 2.47. The first-order valence-electron chi connectivity index (χ1n) is 4.71. The maximum atomic E-state index is 11.7. The molecule has 0 heterocycles. The fourth-order valence-electron chi connectivity index (χ4n) is 1.05. The summed E-state index contributed by atoms with van der Waals surface area (Å²) in [4.78, 5) is 11.2. The lowest BCUT2D eigenvalue weighted by Gasteiger charge is -2.09. The Kier molecular flexibility index (Phi) is 4.97. The molecule has 0 unspecified atom stereocenters. The first kappa shape index (κ1) is 14.8. The van der Waals surface area contributed by atoms with Crippen molar-refractivity contribution in [2.75, 3.05) is 18.5 Å². The number of carbonyl (C=O) groups excluding carboxylic acids is 1. The maximum Gasteiger partial charge on any atom is 0.411 e. The van der Waals surface area contributed by atoms with Gasteiger partial charge in [0.1, 0.15) is 19.0 Å². The van der Waals surface area contributed by atoms with E-state index in [-0.39, 0.29) is 11.4 Å². The van der Waals surface area contributed by atoms with Gasteiger partial charge in [-0.15, -0.1) is 0 Å². The number of alkyl halides is 3. The smallest absolute Gasteiger partial charge is 0.411 e. The van der Waals surface area contributed by atoms with Gasteiger partial charge in [0.15, 0.2) is 0 Å². The number of nitrogens with one attached hydrogen (secondary N) is 1. The van der Waals surface area contributed by atoms with Gasteiger partial charge in [-0.3, -0.25) is 4.79 Å². The van der Waals surface area contributed by atoms with Crippen LogP contribution in [0.3, 0.4) is 0 Å². The Bertz CT molecular complexity index is 437.